The van der Waals surface area contributed by atoms with E-state index >= 15 is 0 Å². The van der Waals surface area contributed by atoms with E-state index in [0.29, 0.717) is 5.69 Å². The summed E-state index contributed by atoms with van der Waals surface area (Å²) in [5.41, 5.74) is 0.362. The van der Waals surface area contributed by atoms with E-state index in [9.17, 15) is 16.8 Å². The number of rotatable bonds is 5. The van der Waals surface area contributed by atoms with Crippen LogP contribution in [0.4, 0.5) is 5.69 Å². The first-order chi connectivity index (χ1) is 8.12. The Morgan fingerprint density at radius 2 is 1.56 bits per heavy atom. The molecule has 0 radical (unpaired) electrons. The smallest absolute Gasteiger partial charge is 0.235 e. The summed E-state index contributed by atoms with van der Waals surface area (Å²) in [6.07, 6.45) is 0.989. The van der Waals surface area contributed by atoms with Gasteiger partial charge in [0.25, 0.3) is 0 Å². The summed E-state index contributed by atoms with van der Waals surface area (Å²) in [6, 6.07) is 5.59. The van der Waals surface area contributed by atoms with Gasteiger partial charge in [0.15, 0.2) is 0 Å². The summed E-state index contributed by atoms with van der Waals surface area (Å²) in [7, 11) is -5.68. The lowest BCUT2D eigenvalue weighted by molar-refractivity contribution is 0.475. The van der Waals surface area contributed by atoms with Crippen LogP contribution in [0.1, 0.15) is 0 Å². The lowest BCUT2D eigenvalue weighted by Gasteiger charge is -2.19. The topological polar surface area (TPSA) is 91.8 Å². The third kappa shape index (κ3) is 4.19. The van der Waals surface area contributed by atoms with Gasteiger partial charge in [-0.2, -0.15) is 0 Å². The van der Waals surface area contributed by atoms with Crippen LogP contribution in [0, 0.1) is 0 Å². The molecule has 18 heavy (non-hydrogen) atoms. The summed E-state index contributed by atoms with van der Waals surface area (Å²) in [4.78, 5) is 0. The second kappa shape index (κ2) is 5.15. The fraction of sp³-hybridized carbons (Fsp3) is 0.400. The second-order valence-electron chi connectivity index (χ2n) is 3.93. The van der Waals surface area contributed by atoms with Crippen molar-refractivity contribution in [2.24, 2.45) is 0 Å². The van der Waals surface area contributed by atoms with Crippen molar-refractivity contribution in [3.63, 3.8) is 0 Å². The summed E-state index contributed by atoms with van der Waals surface area (Å²) < 4.78 is 46.7. The number of phenolic OH excluding ortho intramolecular Hbond substituents is 1. The van der Waals surface area contributed by atoms with Crippen molar-refractivity contribution in [2.45, 2.75) is 0 Å². The summed E-state index contributed by atoms with van der Waals surface area (Å²) in [5, 5.41) is 9.10. The van der Waals surface area contributed by atoms with Crippen LogP contribution in [-0.4, -0.2) is 46.8 Å². The molecule has 1 aromatic carbocycles. The van der Waals surface area contributed by atoms with Crippen LogP contribution in [0.2, 0.25) is 0 Å². The highest BCUT2D eigenvalue weighted by Crippen LogP contribution is 2.19. The maximum absolute atomic E-state index is 11.9. The van der Waals surface area contributed by atoms with Crippen molar-refractivity contribution in [1.29, 1.82) is 0 Å². The molecule has 1 rings (SSSR count). The molecule has 0 aliphatic carbocycles. The molecular formula is C10H15NO5S2. The minimum Gasteiger partial charge on any atom is -0.508 e. The molecule has 0 aliphatic rings. The zero-order chi connectivity index (χ0) is 14.0. The number of hydrogen-bond acceptors (Lipinski definition) is 5. The predicted molar refractivity (Wildman–Crippen MR) is 70.0 cm³/mol. The molecule has 1 N–H and O–H groups in total. The first kappa shape index (κ1) is 14.8. The molecule has 0 unspecified atom stereocenters. The zero-order valence-electron chi connectivity index (χ0n) is 10.1. The highest BCUT2D eigenvalue weighted by Gasteiger charge is 2.20. The molecule has 0 fully saturated rings. The van der Waals surface area contributed by atoms with E-state index in [0.717, 1.165) is 10.6 Å². The largest absolute Gasteiger partial charge is 0.508 e. The molecule has 102 valence electrons. The number of aromatic hydroxyl groups is 1. The van der Waals surface area contributed by atoms with Crippen molar-refractivity contribution in [1.82, 2.24) is 0 Å². The van der Waals surface area contributed by atoms with Crippen molar-refractivity contribution in [3.05, 3.63) is 24.3 Å². The Morgan fingerprint density at radius 3 is 2.00 bits per heavy atom. The fourth-order valence-corrected chi connectivity index (χ4v) is 3.99. The van der Waals surface area contributed by atoms with Crippen LogP contribution in [0.15, 0.2) is 24.3 Å². The highest BCUT2D eigenvalue weighted by atomic mass is 32.2. The number of hydrogen-bond donors (Lipinski definition) is 1. The molecule has 0 saturated carbocycles. The molecule has 6 nitrogen and oxygen atoms in total. The van der Waals surface area contributed by atoms with Crippen molar-refractivity contribution < 1.29 is 21.9 Å². The zero-order valence-corrected chi connectivity index (χ0v) is 11.7. The summed E-state index contributed by atoms with van der Waals surface area (Å²) >= 11 is 0. The first-order valence-electron chi connectivity index (χ1n) is 5.05. The van der Waals surface area contributed by atoms with E-state index < -0.39 is 31.4 Å². The molecular weight excluding hydrogens is 278 g/mol. The average molecular weight is 293 g/mol. The average Bonchev–Trinajstić information content (AvgIpc) is 2.26. The van der Waals surface area contributed by atoms with Crippen molar-refractivity contribution in [2.75, 3.05) is 29.1 Å². The van der Waals surface area contributed by atoms with Crippen LogP contribution < -0.4 is 4.31 Å². The Morgan fingerprint density at radius 1 is 1.06 bits per heavy atom. The molecule has 0 bridgehead atoms. The monoisotopic (exact) mass is 293 g/mol. The van der Waals surface area contributed by atoms with Gasteiger partial charge in [0, 0.05) is 13.3 Å². The Hall–Kier alpha value is -1.28. The SMILES string of the molecule is CN(c1ccc(O)cc1)S(=O)(=O)CCS(C)(=O)=O. The van der Waals surface area contributed by atoms with E-state index in [1.807, 2.05) is 0 Å². The Kier molecular flexibility index (Phi) is 4.23. The molecule has 0 heterocycles. The van der Waals surface area contributed by atoms with Gasteiger partial charge in [0.05, 0.1) is 17.2 Å². The Bertz CT molecular complexity index is 604. The summed E-state index contributed by atoms with van der Waals surface area (Å²) in [6.45, 7) is 0. The molecule has 0 amide bonds. The molecule has 0 spiro atoms. The minimum absolute atomic E-state index is 0.0284. The highest BCUT2D eigenvalue weighted by molar-refractivity contribution is 7.95. The van der Waals surface area contributed by atoms with Crippen LogP contribution in [0.5, 0.6) is 5.75 Å². The van der Waals surface area contributed by atoms with Crippen LogP contribution in [0.25, 0.3) is 0 Å². The van der Waals surface area contributed by atoms with Crippen LogP contribution in [-0.2, 0) is 19.9 Å². The van der Waals surface area contributed by atoms with E-state index in [1.54, 1.807) is 0 Å². The van der Waals surface area contributed by atoms with Crippen molar-refractivity contribution >= 4 is 25.5 Å². The maximum atomic E-state index is 11.9. The number of anilines is 1. The van der Waals surface area contributed by atoms with Gasteiger partial charge >= 0.3 is 0 Å². The summed E-state index contributed by atoms with van der Waals surface area (Å²) in [5.74, 6) is -0.860. The number of nitrogens with zero attached hydrogens (tertiary/aromatic N) is 1. The number of phenols is 1. The lowest BCUT2D eigenvalue weighted by atomic mass is 10.3. The van der Waals surface area contributed by atoms with Gasteiger partial charge in [-0.15, -0.1) is 0 Å². The van der Waals surface area contributed by atoms with E-state index in [-0.39, 0.29) is 5.75 Å². The molecule has 0 aromatic heterocycles. The minimum atomic E-state index is -3.69. The fourth-order valence-electron chi connectivity index (χ4n) is 1.22. The third-order valence-electron chi connectivity index (χ3n) is 2.34. The first-order valence-corrected chi connectivity index (χ1v) is 8.72. The maximum Gasteiger partial charge on any atom is 0.235 e. The molecule has 8 heteroatoms. The Labute approximate surface area is 107 Å². The third-order valence-corrected chi connectivity index (χ3v) is 5.31. The normalized spacial score (nSPS) is 12.3. The van der Waals surface area contributed by atoms with E-state index in [1.165, 1.54) is 31.3 Å². The van der Waals surface area contributed by atoms with Gasteiger partial charge in [-0.25, -0.2) is 16.8 Å². The molecule has 1 aromatic rings. The number of benzene rings is 1. The predicted octanol–water partition coefficient (Wildman–Crippen LogP) is 0.203. The molecule has 0 aliphatic heterocycles. The standard InChI is InChI=1S/C10H15NO5S2/c1-11(9-3-5-10(12)6-4-9)18(15,16)8-7-17(2,13)14/h3-6,12H,7-8H2,1-2H3. The van der Waals surface area contributed by atoms with Gasteiger partial charge in [0.2, 0.25) is 10.0 Å². The second-order valence-corrected chi connectivity index (χ2v) is 8.31. The van der Waals surface area contributed by atoms with E-state index in [4.69, 9.17) is 5.11 Å². The van der Waals surface area contributed by atoms with Gasteiger partial charge in [-0.1, -0.05) is 0 Å². The number of sulfone groups is 1. The lowest BCUT2D eigenvalue weighted by Crippen LogP contribution is -2.31. The van der Waals surface area contributed by atoms with Gasteiger partial charge in [0.1, 0.15) is 15.6 Å². The van der Waals surface area contributed by atoms with Crippen LogP contribution in [0.3, 0.4) is 0 Å². The Balaban J connectivity index is 2.88. The molecule has 0 saturated heterocycles. The van der Waals surface area contributed by atoms with Crippen molar-refractivity contribution in [3.8, 4) is 5.75 Å². The van der Waals surface area contributed by atoms with E-state index in [2.05, 4.69) is 0 Å². The van der Waals surface area contributed by atoms with Gasteiger partial charge in [-0.3, -0.25) is 4.31 Å². The van der Waals surface area contributed by atoms with Gasteiger partial charge in [-0.05, 0) is 24.3 Å². The quantitative estimate of drug-likeness (QED) is 0.837. The van der Waals surface area contributed by atoms with Gasteiger partial charge < -0.3 is 5.11 Å². The molecule has 0 atom stereocenters. The number of sulfonamides is 1. The van der Waals surface area contributed by atoms with Crippen LogP contribution >= 0.6 is 0 Å².